The largest absolute Gasteiger partial charge is 0.366 e. The Bertz CT molecular complexity index is 798. The Morgan fingerprint density at radius 3 is 2.10 bits per heavy atom. The van der Waals surface area contributed by atoms with Crippen LogP contribution in [0.1, 0.15) is 68.1 Å². The fourth-order valence-electron chi connectivity index (χ4n) is 3.26. The van der Waals surface area contributed by atoms with Crippen LogP contribution in [0.15, 0.2) is 48.5 Å². The fraction of sp³-hybridized carbons (Fsp3) is 0.417. The number of rotatable bonds is 10. The monoisotopic (exact) mass is 395 g/mol. The molecule has 5 nitrogen and oxygen atoms in total. The van der Waals surface area contributed by atoms with Crippen molar-refractivity contribution in [3.63, 3.8) is 0 Å². The number of carbonyl (C=O) groups excluding carboxylic acids is 2. The fourth-order valence-corrected chi connectivity index (χ4v) is 3.26. The Labute approximate surface area is 174 Å². The molecule has 0 spiro atoms. The van der Waals surface area contributed by atoms with Crippen LogP contribution >= 0.6 is 0 Å². The van der Waals surface area contributed by atoms with Crippen molar-refractivity contribution in [3.05, 3.63) is 65.2 Å². The van der Waals surface area contributed by atoms with Gasteiger partial charge in [0.25, 0.3) is 0 Å². The molecule has 2 rings (SSSR count). The van der Waals surface area contributed by atoms with E-state index >= 15 is 0 Å². The zero-order valence-electron chi connectivity index (χ0n) is 17.9. The van der Waals surface area contributed by atoms with Crippen LogP contribution in [0.4, 0.5) is 5.69 Å². The minimum Gasteiger partial charge on any atom is -0.366 e. The van der Waals surface area contributed by atoms with E-state index in [1.807, 2.05) is 6.92 Å². The van der Waals surface area contributed by atoms with Crippen molar-refractivity contribution in [3.8, 4) is 0 Å². The SMILES string of the molecule is CCCCc1ccc([C@@H](N[C@@H](C)C(=O)Nc2ccc(C(N)=O)cc2)C(C)C)cc1. The third-order valence-corrected chi connectivity index (χ3v) is 5.08. The molecule has 4 N–H and O–H groups in total. The maximum Gasteiger partial charge on any atom is 0.248 e. The van der Waals surface area contributed by atoms with E-state index in [0.29, 0.717) is 17.2 Å². The van der Waals surface area contributed by atoms with Gasteiger partial charge in [0.1, 0.15) is 0 Å². The summed E-state index contributed by atoms with van der Waals surface area (Å²) in [4.78, 5) is 23.8. The summed E-state index contributed by atoms with van der Waals surface area (Å²) in [6.45, 7) is 8.36. The van der Waals surface area contributed by atoms with Gasteiger partial charge in [-0.3, -0.25) is 14.9 Å². The molecule has 0 aliphatic carbocycles. The number of primary amides is 1. The lowest BCUT2D eigenvalue weighted by molar-refractivity contribution is -0.118. The number of nitrogens with two attached hydrogens (primary N) is 1. The standard InChI is InChI=1S/C24H33N3O2/c1-5-6-7-18-8-10-19(11-9-18)22(16(2)3)26-17(4)24(29)27-21-14-12-20(13-15-21)23(25)28/h8-17,22,26H,5-7H2,1-4H3,(H2,25,28)(H,27,29)/t17-,22-/m0/s1. The summed E-state index contributed by atoms with van der Waals surface area (Å²) < 4.78 is 0. The van der Waals surface area contributed by atoms with E-state index in [9.17, 15) is 9.59 Å². The van der Waals surface area contributed by atoms with Crippen LogP contribution < -0.4 is 16.4 Å². The molecule has 29 heavy (non-hydrogen) atoms. The molecular weight excluding hydrogens is 362 g/mol. The van der Waals surface area contributed by atoms with Gasteiger partial charge < -0.3 is 11.1 Å². The highest BCUT2D eigenvalue weighted by atomic mass is 16.2. The second-order valence-electron chi connectivity index (χ2n) is 7.89. The van der Waals surface area contributed by atoms with Gasteiger partial charge >= 0.3 is 0 Å². The van der Waals surface area contributed by atoms with Crippen LogP contribution in [0.3, 0.4) is 0 Å². The van der Waals surface area contributed by atoms with Gasteiger partial charge in [-0.1, -0.05) is 51.5 Å². The predicted molar refractivity (Wildman–Crippen MR) is 119 cm³/mol. The molecule has 0 radical (unpaired) electrons. The van der Waals surface area contributed by atoms with Crippen LogP contribution in [0.25, 0.3) is 0 Å². The molecule has 0 aliphatic rings. The molecule has 156 valence electrons. The first-order valence-electron chi connectivity index (χ1n) is 10.4. The molecule has 0 heterocycles. The lowest BCUT2D eigenvalue weighted by Crippen LogP contribution is -2.41. The van der Waals surface area contributed by atoms with E-state index in [2.05, 4.69) is 55.7 Å². The highest BCUT2D eigenvalue weighted by Gasteiger charge is 2.22. The van der Waals surface area contributed by atoms with Crippen molar-refractivity contribution >= 4 is 17.5 Å². The molecule has 2 atom stereocenters. The maximum atomic E-state index is 12.6. The molecule has 0 aromatic heterocycles. The molecule has 2 aromatic carbocycles. The second kappa shape index (κ2) is 10.8. The number of nitrogens with one attached hydrogen (secondary N) is 2. The van der Waals surface area contributed by atoms with Crippen LogP contribution in [0.2, 0.25) is 0 Å². The van der Waals surface area contributed by atoms with Gasteiger partial charge in [0.15, 0.2) is 0 Å². The highest BCUT2D eigenvalue weighted by molar-refractivity contribution is 5.96. The van der Waals surface area contributed by atoms with E-state index < -0.39 is 5.91 Å². The number of aryl methyl sites for hydroxylation is 1. The minimum absolute atomic E-state index is 0.0770. The van der Waals surface area contributed by atoms with E-state index in [0.717, 1.165) is 6.42 Å². The first-order chi connectivity index (χ1) is 13.8. The zero-order chi connectivity index (χ0) is 21.4. The van der Waals surface area contributed by atoms with Crippen molar-refractivity contribution < 1.29 is 9.59 Å². The van der Waals surface area contributed by atoms with Gasteiger partial charge in [0.2, 0.25) is 11.8 Å². The number of carbonyl (C=O) groups is 2. The Balaban J connectivity index is 2.01. The van der Waals surface area contributed by atoms with Crippen molar-refractivity contribution in [1.29, 1.82) is 0 Å². The lowest BCUT2D eigenvalue weighted by Gasteiger charge is -2.27. The lowest BCUT2D eigenvalue weighted by atomic mass is 9.93. The molecule has 0 unspecified atom stereocenters. The summed E-state index contributed by atoms with van der Waals surface area (Å²) in [6.07, 6.45) is 3.49. The van der Waals surface area contributed by atoms with Gasteiger partial charge in [0.05, 0.1) is 6.04 Å². The van der Waals surface area contributed by atoms with Crippen LogP contribution in [0.5, 0.6) is 0 Å². The van der Waals surface area contributed by atoms with E-state index in [1.165, 1.54) is 24.0 Å². The van der Waals surface area contributed by atoms with Crippen LogP contribution in [-0.4, -0.2) is 17.9 Å². The molecule has 0 fully saturated rings. The van der Waals surface area contributed by atoms with Crippen LogP contribution in [-0.2, 0) is 11.2 Å². The molecular formula is C24H33N3O2. The second-order valence-corrected chi connectivity index (χ2v) is 7.89. The summed E-state index contributed by atoms with van der Waals surface area (Å²) in [5, 5.41) is 6.34. The van der Waals surface area contributed by atoms with Crippen LogP contribution in [0, 0.1) is 5.92 Å². The Morgan fingerprint density at radius 1 is 0.966 bits per heavy atom. The van der Waals surface area contributed by atoms with E-state index in [1.54, 1.807) is 24.3 Å². The number of unbranched alkanes of at least 4 members (excludes halogenated alkanes) is 1. The summed E-state index contributed by atoms with van der Waals surface area (Å²) in [6, 6.07) is 15.0. The Morgan fingerprint density at radius 2 is 1.59 bits per heavy atom. The van der Waals surface area contributed by atoms with Gasteiger partial charge in [-0.15, -0.1) is 0 Å². The molecule has 5 heteroatoms. The highest BCUT2D eigenvalue weighted by Crippen LogP contribution is 2.23. The summed E-state index contributed by atoms with van der Waals surface area (Å²) >= 11 is 0. The topological polar surface area (TPSA) is 84.2 Å². The average molecular weight is 396 g/mol. The summed E-state index contributed by atoms with van der Waals surface area (Å²) in [5.41, 5.74) is 8.83. The smallest absolute Gasteiger partial charge is 0.248 e. The third-order valence-electron chi connectivity index (χ3n) is 5.08. The number of amides is 2. The van der Waals surface area contributed by atoms with Crippen molar-refractivity contribution in [1.82, 2.24) is 5.32 Å². The third kappa shape index (κ3) is 6.71. The predicted octanol–water partition coefficient (Wildman–Crippen LogP) is 4.44. The molecule has 2 amide bonds. The van der Waals surface area contributed by atoms with E-state index in [-0.39, 0.29) is 18.0 Å². The minimum atomic E-state index is -0.488. The maximum absolute atomic E-state index is 12.6. The Hall–Kier alpha value is -2.66. The quantitative estimate of drug-likeness (QED) is 0.556. The van der Waals surface area contributed by atoms with Crippen molar-refractivity contribution in [2.24, 2.45) is 11.7 Å². The normalized spacial score (nSPS) is 13.1. The molecule has 0 bridgehead atoms. The number of benzene rings is 2. The molecule has 0 saturated carbocycles. The zero-order valence-corrected chi connectivity index (χ0v) is 17.9. The number of hydrogen-bond acceptors (Lipinski definition) is 3. The van der Waals surface area contributed by atoms with E-state index in [4.69, 9.17) is 5.73 Å². The van der Waals surface area contributed by atoms with Gasteiger partial charge in [-0.2, -0.15) is 0 Å². The first kappa shape index (κ1) is 22.6. The van der Waals surface area contributed by atoms with Crippen molar-refractivity contribution in [2.45, 2.75) is 59.0 Å². The molecule has 2 aromatic rings. The number of anilines is 1. The molecule has 0 aliphatic heterocycles. The number of hydrogen-bond donors (Lipinski definition) is 3. The summed E-state index contributed by atoms with van der Waals surface area (Å²) in [5.74, 6) is -0.276. The summed E-state index contributed by atoms with van der Waals surface area (Å²) in [7, 11) is 0. The van der Waals surface area contributed by atoms with Crippen molar-refractivity contribution in [2.75, 3.05) is 5.32 Å². The first-order valence-corrected chi connectivity index (χ1v) is 10.4. The Kier molecular flexibility index (Phi) is 8.40. The van der Waals surface area contributed by atoms with Gasteiger partial charge in [-0.25, -0.2) is 0 Å². The van der Waals surface area contributed by atoms with Gasteiger partial charge in [-0.05, 0) is 61.1 Å². The average Bonchev–Trinajstić information content (AvgIpc) is 2.70. The van der Waals surface area contributed by atoms with Gasteiger partial charge in [0, 0.05) is 17.3 Å². The molecule has 0 saturated heterocycles.